The fourth-order valence-electron chi connectivity index (χ4n) is 7.61. The molecule has 5 aromatic rings. The first-order valence-electron chi connectivity index (χ1n) is 21.0. The van der Waals surface area contributed by atoms with Gasteiger partial charge in [0.25, 0.3) is 0 Å². The zero-order chi connectivity index (χ0) is 41.4. The van der Waals surface area contributed by atoms with Gasteiger partial charge in [-0.15, -0.1) is 0 Å². The largest absolute Gasteiger partial charge is 0.386 e. The second-order valence-corrected chi connectivity index (χ2v) is 15.8. The van der Waals surface area contributed by atoms with E-state index >= 15 is 0 Å². The molecular formula is C51H58O9. The van der Waals surface area contributed by atoms with Crippen LogP contribution in [0.5, 0.6) is 0 Å². The minimum Gasteiger partial charge on any atom is -0.386 e. The van der Waals surface area contributed by atoms with Crippen molar-refractivity contribution in [2.24, 2.45) is 0 Å². The van der Waals surface area contributed by atoms with Crippen LogP contribution in [0.2, 0.25) is 0 Å². The van der Waals surface area contributed by atoms with Crippen LogP contribution in [0.3, 0.4) is 0 Å². The summed E-state index contributed by atoms with van der Waals surface area (Å²) in [6.45, 7) is 6.07. The van der Waals surface area contributed by atoms with Gasteiger partial charge in [-0.25, -0.2) is 0 Å². The molecular weight excluding hydrogens is 757 g/mol. The quantitative estimate of drug-likeness (QED) is 0.0730. The molecule has 0 bridgehead atoms. The van der Waals surface area contributed by atoms with Gasteiger partial charge in [0.05, 0.1) is 52.4 Å². The Morgan fingerprint density at radius 2 is 1.02 bits per heavy atom. The Morgan fingerprint density at radius 3 is 1.48 bits per heavy atom. The van der Waals surface area contributed by atoms with E-state index < -0.39 is 54.6 Å². The molecule has 0 aliphatic carbocycles. The number of benzene rings is 5. The highest BCUT2D eigenvalue weighted by atomic mass is 16.8. The highest BCUT2D eigenvalue weighted by Crippen LogP contribution is 2.33. The molecule has 0 radical (unpaired) electrons. The number of rotatable bonds is 21. The van der Waals surface area contributed by atoms with E-state index in [-0.39, 0.29) is 6.61 Å². The highest BCUT2D eigenvalue weighted by molar-refractivity contribution is 5.17. The van der Waals surface area contributed by atoms with Crippen LogP contribution < -0.4 is 0 Å². The summed E-state index contributed by atoms with van der Waals surface area (Å²) in [6.07, 6.45) is -0.696. The van der Waals surface area contributed by atoms with Crippen molar-refractivity contribution in [2.45, 2.75) is 108 Å². The van der Waals surface area contributed by atoms with E-state index in [0.29, 0.717) is 46.1 Å². The number of aliphatic hydroxyl groups excluding tert-OH is 1. The van der Waals surface area contributed by atoms with Crippen LogP contribution in [0.4, 0.5) is 0 Å². The van der Waals surface area contributed by atoms with E-state index in [4.69, 9.17) is 37.9 Å². The first-order chi connectivity index (χ1) is 29.4. The van der Waals surface area contributed by atoms with Crippen LogP contribution in [-0.4, -0.2) is 72.9 Å². The van der Waals surface area contributed by atoms with Crippen LogP contribution in [0.1, 0.15) is 48.1 Å². The van der Waals surface area contributed by atoms with E-state index in [1.54, 1.807) is 6.08 Å². The molecule has 8 atom stereocenters. The minimum atomic E-state index is -0.999. The first-order valence-corrected chi connectivity index (χ1v) is 21.0. The summed E-state index contributed by atoms with van der Waals surface area (Å²) < 4.78 is 52.5. The summed E-state index contributed by atoms with van der Waals surface area (Å²) >= 11 is 0. The van der Waals surface area contributed by atoms with Crippen molar-refractivity contribution in [3.63, 3.8) is 0 Å². The van der Waals surface area contributed by atoms with Crippen LogP contribution in [0.15, 0.2) is 164 Å². The number of hydrogen-bond donors (Lipinski definition) is 1. The van der Waals surface area contributed by atoms with Crippen LogP contribution >= 0.6 is 0 Å². The molecule has 316 valence electrons. The topological polar surface area (TPSA) is 94.1 Å². The molecule has 2 aliphatic rings. The molecule has 2 heterocycles. The fraction of sp³-hybridized carbons (Fsp3) is 0.373. The van der Waals surface area contributed by atoms with Gasteiger partial charge in [-0.2, -0.15) is 0 Å². The molecule has 0 amide bonds. The van der Waals surface area contributed by atoms with Gasteiger partial charge in [-0.1, -0.05) is 164 Å². The van der Waals surface area contributed by atoms with Gasteiger partial charge in [0.2, 0.25) is 0 Å². The molecule has 9 nitrogen and oxygen atoms in total. The molecule has 9 heteroatoms. The second kappa shape index (κ2) is 22.4. The molecule has 5 aromatic carbocycles. The maximum absolute atomic E-state index is 11.7. The maximum Gasteiger partial charge on any atom is 0.163 e. The van der Waals surface area contributed by atoms with Crippen LogP contribution in [0.25, 0.3) is 0 Å². The summed E-state index contributed by atoms with van der Waals surface area (Å²) in [6, 6.07) is 50.3. The van der Waals surface area contributed by atoms with Crippen molar-refractivity contribution in [1.29, 1.82) is 0 Å². The van der Waals surface area contributed by atoms with E-state index in [0.717, 1.165) is 27.8 Å². The summed E-state index contributed by atoms with van der Waals surface area (Å²) in [5.41, 5.74) is 5.16. The number of ether oxygens (including phenoxy) is 8. The van der Waals surface area contributed by atoms with E-state index in [1.807, 2.05) is 159 Å². The van der Waals surface area contributed by atoms with Crippen molar-refractivity contribution in [3.8, 4) is 0 Å². The molecule has 2 saturated heterocycles. The Bertz CT molecular complexity index is 1960. The van der Waals surface area contributed by atoms with Crippen LogP contribution in [0, 0.1) is 0 Å². The van der Waals surface area contributed by atoms with Gasteiger partial charge in [-0.3, -0.25) is 0 Å². The molecule has 0 saturated carbocycles. The Morgan fingerprint density at radius 1 is 0.583 bits per heavy atom. The summed E-state index contributed by atoms with van der Waals surface area (Å²) in [5, 5.41) is 11.7. The molecule has 0 unspecified atom stereocenters. The van der Waals surface area contributed by atoms with Crippen molar-refractivity contribution < 1.29 is 43.0 Å². The third kappa shape index (κ3) is 13.0. The summed E-state index contributed by atoms with van der Waals surface area (Å²) in [7, 11) is 0. The van der Waals surface area contributed by atoms with Crippen molar-refractivity contribution in [3.05, 3.63) is 192 Å². The lowest BCUT2D eigenvalue weighted by atomic mass is 9.92. The van der Waals surface area contributed by atoms with Crippen molar-refractivity contribution in [1.82, 2.24) is 0 Å². The predicted molar refractivity (Wildman–Crippen MR) is 230 cm³/mol. The zero-order valence-electron chi connectivity index (χ0n) is 34.6. The Hall–Kier alpha value is -4.52. The predicted octanol–water partition coefficient (Wildman–Crippen LogP) is 8.77. The zero-order valence-corrected chi connectivity index (χ0v) is 34.6. The third-order valence-corrected chi connectivity index (χ3v) is 10.7. The number of aliphatic hydroxyl groups is 1. The molecule has 60 heavy (non-hydrogen) atoms. The van der Waals surface area contributed by atoms with E-state index in [2.05, 4.69) is 12.1 Å². The van der Waals surface area contributed by atoms with Gasteiger partial charge < -0.3 is 43.0 Å². The minimum absolute atomic E-state index is 0.262. The SMILES string of the molecule is CC1(C)OC[C@@H]([C@@H](OCc2ccccc2)[C@H](O)/C=C/C[C@@H]2O[C@H](COCc3ccccc3)[C@@H](OCc3ccccc3)[C@H](OCc3ccccc3)[C@H]2OCc2ccccc2)O1. The molecule has 0 spiro atoms. The third-order valence-electron chi connectivity index (χ3n) is 10.7. The van der Waals surface area contributed by atoms with Gasteiger partial charge in [0, 0.05) is 0 Å². The molecule has 0 aromatic heterocycles. The smallest absolute Gasteiger partial charge is 0.163 e. The molecule has 7 rings (SSSR count). The lowest BCUT2D eigenvalue weighted by Gasteiger charge is -2.46. The summed E-state index contributed by atoms with van der Waals surface area (Å²) in [4.78, 5) is 0. The first kappa shape index (κ1) is 43.6. The van der Waals surface area contributed by atoms with Gasteiger partial charge in [-0.05, 0) is 48.1 Å². The lowest BCUT2D eigenvalue weighted by molar-refractivity contribution is -0.271. The normalized spacial score (nSPS) is 23.7. The van der Waals surface area contributed by atoms with E-state index in [9.17, 15) is 5.11 Å². The van der Waals surface area contributed by atoms with Gasteiger partial charge in [0.15, 0.2) is 5.79 Å². The Balaban J connectivity index is 1.16. The van der Waals surface area contributed by atoms with E-state index in [1.165, 1.54) is 0 Å². The Labute approximate surface area is 354 Å². The lowest BCUT2D eigenvalue weighted by Crippen LogP contribution is -2.61. The Kier molecular flexibility index (Phi) is 16.2. The van der Waals surface area contributed by atoms with Gasteiger partial charge >= 0.3 is 0 Å². The average Bonchev–Trinajstić information content (AvgIpc) is 3.65. The molecule has 2 aliphatic heterocycles. The monoisotopic (exact) mass is 814 g/mol. The molecule has 2 fully saturated rings. The standard InChI is InChI=1S/C51H58O9/c1-51(2)58-37-46(60-51)47(54-32-39-21-10-4-11-22-39)43(52)29-18-30-44-48(55-33-40-23-12-5-13-24-40)50(57-35-42-27-16-7-17-28-42)49(56-34-41-25-14-6-15-26-41)45(59-44)36-53-31-38-19-8-3-9-20-38/h3-29,43-50,52H,30-37H2,1-2H3/b29-18+/t43-,44+,45-,46+,47+,48+,49-,50-/m1/s1. The average molecular weight is 815 g/mol. The fourth-order valence-corrected chi connectivity index (χ4v) is 7.61. The van der Waals surface area contributed by atoms with Crippen molar-refractivity contribution in [2.75, 3.05) is 13.2 Å². The van der Waals surface area contributed by atoms with Gasteiger partial charge in [0.1, 0.15) is 42.7 Å². The molecule has 1 N–H and O–H groups in total. The van der Waals surface area contributed by atoms with Crippen LogP contribution in [-0.2, 0) is 70.9 Å². The highest BCUT2D eigenvalue weighted by Gasteiger charge is 2.48. The summed E-state index contributed by atoms with van der Waals surface area (Å²) in [5.74, 6) is -0.785. The number of hydrogen-bond acceptors (Lipinski definition) is 9. The second-order valence-electron chi connectivity index (χ2n) is 15.8. The maximum atomic E-state index is 11.7. The van der Waals surface area contributed by atoms with Crippen molar-refractivity contribution >= 4 is 0 Å².